The molecule has 1 aliphatic heterocycles. The van der Waals surface area contributed by atoms with Crippen molar-refractivity contribution in [2.45, 2.75) is 68.6 Å². The third-order valence-corrected chi connectivity index (χ3v) is 10.2. The van der Waals surface area contributed by atoms with Crippen LogP contribution < -0.4 is 5.32 Å². The van der Waals surface area contributed by atoms with Gasteiger partial charge in [-0.25, -0.2) is 8.42 Å². The first-order valence-corrected chi connectivity index (χ1v) is 15.4. The molecule has 1 heterocycles. The third-order valence-electron chi connectivity index (χ3n) is 7.91. The maximum atomic E-state index is 13.5. The first-order chi connectivity index (χ1) is 18.0. The molecule has 4 atom stereocenters. The molecule has 206 valence electrons. The summed E-state index contributed by atoms with van der Waals surface area (Å²) in [5.74, 6) is -0.828. The molecule has 2 amide bonds. The van der Waals surface area contributed by atoms with Gasteiger partial charge in [0.2, 0.25) is 5.91 Å². The number of nitrogens with one attached hydrogen (secondary N) is 1. The minimum absolute atomic E-state index is 0.0219. The second-order valence-corrected chi connectivity index (χ2v) is 13.6. The van der Waals surface area contributed by atoms with Crippen molar-refractivity contribution < 1.29 is 18.0 Å². The van der Waals surface area contributed by atoms with E-state index in [9.17, 15) is 18.0 Å². The van der Waals surface area contributed by atoms with Gasteiger partial charge in [-0.3, -0.25) is 9.59 Å². The lowest BCUT2D eigenvalue weighted by atomic mass is 9.81. The van der Waals surface area contributed by atoms with Crippen molar-refractivity contribution in [2.24, 2.45) is 5.92 Å². The van der Waals surface area contributed by atoms with Crippen LogP contribution in [0.4, 0.5) is 0 Å². The maximum Gasteiger partial charge on any atom is 0.252 e. The predicted molar refractivity (Wildman–Crippen MR) is 150 cm³/mol. The summed E-state index contributed by atoms with van der Waals surface area (Å²) < 4.78 is 26.8. The van der Waals surface area contributed by atoms with Gasteiger partial charge in [-0.1, -0.05) is 41.4 Å². The van der Waals surface area contributed by atoms with Crippen molar-refractivity contribution in [3.05, 3.63) is 64.1 Å². The number of amides is 2. The van der Waals surface area contributed by atoms with E-state index in [4.69, 9.17) is 23.2 Å². The number of halogens is 2. The highest BCUT2D eigenvalue weighted by atomic mass is 35.5. The second-order valence-electron chi connectivity index (χ2n) is 10.7. The van der Waals surface area contributed by atoms with E-state index in [0.29, 0.717) is 46.8 Å². The number of likely N-dealkylation sites (tertiary alicyclic amines) is 1. The molecule has 0 unspecified atom stereocenters. The second kappa shape index (κ2) is 11.9. The molecule has 1 aliphatic carbocycles. The number of carbonyl (C=O) groups is 2. The molecule has 2 aromatic rings. The van der Waals surface area contributed by atoms with Gasteiger partial charge in [-0.2, -0.15) is 0 Å². The zero-order valence-corrected chi connectivity index (χ0v) is 24.3. The SMILES string of the molecule is CC(C)N(C)[C@@H]1CC[C@H](N2CC[C@H](NC(=O)c3cc(Cl)cc(Cl)c3)C2=O)[C@H](CS(=O)(=O)c2ccccc2)C1. The van der Waals surface area contributed by atoms with Crippen molar-refractivity contribution in [3.8, 4) is 0 Å². The highest BCUT2D eigenvalue weighted by Gasteiger charge is 2.44. The molecule has 2 fully saturated rings. The largest absolute Gasteiger partial charge is 0.340 e. The summed E-state index contributed by atoms with van der Waals surface area (Å²) in [6.07, 6.45) is 2.74. The molecule has 0 bridgehead atoms. The standard InChI is InChI=1S/C28H35Cl2N3O4S/c1-18(2)32(3)23-9-10-26(20(15-23)17-38(36,37)24-7-5-4-6-8-24)33-12-11-25(28(33)35)31-27(34)19-13-21(29)16-22(30)14-19/h4-8,13-14,16,18,20,23,25-26H,9-12,15,17H2,1-3H3,(H,31,34)/t20-,23+,25-,26-/m0/s1. The molecule has 1 N–H and O–H groups in total. The van der Waals surface area contributed by atoms with Crippen LogP contribution in [0, 0.1) is 5.92 Å². The Labute approximate surface area is 235 Å². The van der Waals surface area contributed by atoms with Gasteiger partial charge in [-0.15, -0.1) is 0 Å². The Kier molecular flexibility index (Phi) is 9.07. The van der Waals surface area contributed by atoms with Crippen molar-refractivity contribution in [1.82, 2.24) is 15.1 Å². The van der Waals surface area contributed by atoms with Crippen molar-refractivity contribution in [1.29, 1.82) is 0 Å². The highest BCUT2D eigenvalue weighted by Crippen LogP contribution is 2.36. The molecule has 1 saturated heterocycles. The fraction of sp³-hybridized carbons (Fsp3) is 0.500. The Morgan fingerprint density at radius 1 is 1.08 bits per heavy atom. The predicted octanol–water partition coefficient (Wildman–Crippen LogP) is 4.68. The Balaban J connectivity index is 1.52. The lowest BCUT2D eigenvalue weighted by Gasteiger charge is -2.44. The van der Waals surface area contributed by atoms with Gasteiger partial charge in [0.05, 0.1) is 10.6 Å². The van der Waals surface area contributed by atoms with Crippen LogP contribution in [0.1, 0.15) is 49.9 Å². The van der Waals surface area contributed by atoms with Crippen LogP contribution in [0.15, 0.2) is 53.4 Å². The summed E-state index contributed by atoms with van der Waals surface area (Å²) in [5.41, 5.74) is 0.290. The highest BCUT2D eigenvalue weighted by molar-refractivity contribution is 7.91. The van der Waals surface area contributed by atoms with Gasteiger partial charge >= 0.3 is 0 Å². The first kappa shape index (κ1) is 28.9. The molecule has 0 radical (unpaired) electrons. The molecular weight excluding hydrogens is 545 g/mol. The zero-order chi connectivity index (χ0) is 27.6. The summed E-state index contributed by atoms with van der Waals surface area (Å²) in [4.78, 5) is 30.7. The lowest BCUT2D eigenvalue weighted by Crippen LogP contribution is -2.53. The average molecular weight is 581 g/mol. The minimum Gasteiger partial charge on any atom is -0.340 e. The monoisotopic (exact) mass is 579 g/mol. The summed E-state index contributed by atoms with van der Waals surface area (Å²) >= 11 is 12.1. The van der Waals surface area contributed by atoms with Gasteiger partial charge in [0, 0.05) is 40.3 Å². The van der Waals surface area contributed by atoms with Crippen LogP contribution >= 0.6 is 23.2 Å². The zero-order valence-electron chi connectivity index (χ0n) is 21.9. The molecule has 2 aliphatic rings. The first-order valence-electron chi connectivity index (χ1n) is 13.0. The molecule has 38 heavy (non-hydrogen) atoms. The number of nitrogens with zero attached hydrogens (tertiary/aromatic N) is 2. The van der Waals surface area contributed by atoms with E-state index >= 15 is 0 Å². The van der Waals surface area contributed by atoms with Gasteiger partial charge in [0.1, 0.15) is 6.04 Å². The molecule has 2 aromatic carbocycles. The van der Waals surface area contributed by atoms with Gasteiger partial charge in [0.25, 0.3) is 5.91 Å². The minimum atomic E-state index is -3.54. The van der Waals surface area contributed by atoms with Gasteiger partial charge in [-0.05, 0) is 82.8 Å². The summed E-state index contributed by atoms with van der Waals surface area (Å²) in [5, 5.41) is 3.51. The van der Waals surface area contributed by atoms with Crippen LogP contribution in [0.2, 0.25) is 10.0 Å². The fourth-order valence-electron chi connectivity index (χ4n) is 5.70. The molecule has 0 aromatic heterocycles. The van der Waals surface area contributed by atoms with Gasteiger partial charge < -0.3 is 15.1 Å². The van der Waals surface area contributed by atoms with Crippen LogP contribution in [0.5, 0.6) is 0 Å². The third kappa shape index (κ3) is 6.53. The normalized spacial score (nSPS) is 24.3. The van der Waals surface area contributed by atoms with Crippen LogP contribution in [-0.2, 0) is 14.6 Å². The fourth-order valence-corrected chi connectivity index (χ4v) is 7.91. The van der Waals surface area contributed by atoms with Crippen molar-refractivity contribution in [3.63, 3.8) is 0 Å². The van der Waals surface area contributed by atoms with E-state index in [1.165, 1.54) is 12.1 Å². The summed E-state index contributed by atoms with van der Waals surface area (Å²) in [6.45, 7) is 4.73. The summed E-state index contributed by atoms with van der Waals surface area (Å²) in [7, 11) is -1.46. The molecule has 1 saturated carbocycles. The van der Waals surface area contributed by atoms with Crippen LogP contribution in [0.25, 0.3) is 0 Å². The number of benzene rings is 2. The molecule has 0 spiro atoms. The summed E-state index contributed by atoms with van der Waals surface area (Å²) in [6, 6.07) is 12.7. The maximum absolute atomic E-state index is 13.5. The van der Waals surface area contributed by atoms with E-state index in [0.717, 1.165) is 6.42 Å². The smallest absolute Gasteiger partial charge is 0.252 e. The topological polar surface area (TPSA) is 86.8 Å². The Morgan fingerprint density at radius 3 is 2.37 bits per heavy atom. The van der Waals surface area contributed by atoms with Crippen LogP contribution in [0.3, 0.4) is 0 Å². The number of carbonyl (C=O) groups excluding carboxylic acids is 2. The number of sulfone groups is 1. The van der Waals surface area contributed by atoms with E-state index in [-0.39, 0.29) is 35.2 Å². The van der Waals surface area contributed by atoms with Crippen LogP contribution in [-0.4, -0.2) is 73.5 Å². The number of hydrogen-bond donors (Lipinski definition) is 1. The number of hydrogen-bond acceptors (Lipinski definition) is 5. The van der Waals surface area contributed by atoms with Crippen molar-refractivity contribution in [2.75, 3.05) is 19.3 Å². The van der Waals surface area contributed by atoms with E-state index in [1.807, 2.05) is 0 Å². The quantitative estimate of drug-likeness (QED) is 0.491. The molecule has 10 heteroatoms. The van der Waals surface area contributed by atoms with E-state index < -0.39 is 21.8 Å². The molecular formula is C28H35Cl2N3O4S. The van der Waals surface area contributed by atoms with Gasteiger partial charge in [0.15, 0.2) is 9.84 Å². The van der Waals surface area contributed by atoms with E-state index in [1.54, 1.807) is 41.3 Å². The Hall–Kier alpha value is -2.13. The Bertz CT molecular complexity index is 1250. The molecule has 7 nitrogen and oxygen atoms in total. The average Bonchev–Trinajstić information content (AvgIpc) is 3.22. The molecule has 4 rings (SSSR count). The number of rotatable bonds is 8. The Morgan fingerprint density at radius 2 is 1.74 bits per heavy atom. The van der Waals surface area contributed by atoms with E-state index in [2.05, 4.69) is 31.1 Å². The lowest BCUT2D eigenvalue weighted by molar-refractivity contribution is -0.133. The van der Waals surface area contributed by atoms with Crippen molar-refractivity contribution >= 4 is 44.9 Å².